The van der Waals surface area contributed by atoms with Crippen LogP contribution in [0.25, 0.3) is 0 Å². The van der Waals surface area contributed by atoms with E-state index >= 15 is 0 Å². The second-order valence-electron chi connectivity index (χ2n) is 7.03. The topological polar surface area (TPSA) is 89.9 Å². The molecule has 0 aromatic heterocycles. The molecule has 1 aliphatic rings. The Labute approximate surface area is 136 Å². The molecule has 0 bridgehead atoms. The summed E-state index contributed by atoms with van der Waals surface area (Å²) in [5, 5.41) is 22.3. The van der Waals surface area contributed by atoms with E-state index in [1.165, 1.54) is 0 Å². The first kappa shape index (κ1) is 17.3. The standard InChI is InChI=1S/C17H24N2O4/c1-16(2,3)17(9-13(20)11-19(17)15(22)23)14(21)18-10-12-7-5-4-6-8-12/h4-8,13,20H,9-11H2,1-3H3,(H,18,21)(H,22,23)/t13-,17+/m1/s1. The van der Waals surface area contributed by atoms with Gasteiger partial charge in [-0.3, -0.25) is 9.69 Å². The Bertz CT molecular complexity index is 582. The van der Waals surface area contributed by atoms with Crippen LogP contribution in [0.15, 0.2) is 30.3 Å². The number of benzene rings is 1. The number of aliphatic hydroxyl groups is 1. The van der Waals surface area contributed by atoms with Gasteiger partial charge in [0, 0.05) is 13.0 Å². The zero-order chi connectivity index (χ0) is 17.3. The monoisotopic (exact) mass is 320 g/mol. The van der Waals surface area contributed by atoms with E-state index in [2.05, 4.69) is 5.32 Å². The first-order valence-electron chi connectivity index (χ1n) is 7.69. The summed E-state index contributed by atoms with van der Waals surface area (Å²) in [6, 6.07) is 9.43. The van der Waals surface area contributed by atoms with E-state index in [4.69, 9.17) is 0 Å². The van der Waals surface area contributed by atoms with Crippen LogP contribution in [0.5, 0.6) is 0 Å². The van der Waals surface area contributed by atoms with E-state index in [0.717, 1.165) is 10.5 Å². The minimum Gasteiger partial charge on any atom is -0.465 e. The molecule has 2 amide bonds. The van der Waals surface area contributed by atoms with Crippen molar-refractivity contribution >= 4 is 12.0 Å². The quantitative estimate of drug-likeness (QED) is 0.792. The second-order valence-corrected chi connectivity index (χ2v) is 7.03. The zero-order valence-corrected chi connectivity index (χ0v) is 13.7. The van der Waals surface area contributed by atoms with Crippen LogP contribution in [0.4, 0.5) is 4.79 Å². The molecule has 0 spiro atoms. The van der Waals surface area contributed by atoms with E-state index in [0.29, 0.717) is 6.54 Å². The lowest BCUT2D eigenvalue weighted by atomic mass is 9.70. The molecule has 0 radical (unpaired) electrons. The molecule has 0 aliphatic carbocycles. The Morgan fingerprint density at radius 3 is 2.43 bits per heavy atom. The maximum Gasteiger partial charge on any atom is 0.408 e. The predicted octanol–water partition coefficient (Wildman–Crippen LogP) is 1.83. The molecule has 1 fully saturated rings. The highest BCUT2D eigenvalue weighted by Crippen LogP contribution is 2.44. The maximum atomic E-state index is 12.9. The highest BCUT2D eigenvalue weighted by atomic mass is 16.4. The number of rotatable bonds is 3. The molecular formula is C17H24N2O4. The van der Waals surface area contributed by atoms with Crippen LogP contribution in [0.1, 0.15) is 32.8 Å². The lowest BCUT2D eigenvalue weighted by Crippen LogP contribution is -2.63. The number of hydrogen-bond donors (Lipinski definition) is 3. The fraction of sp³-hybridized carbons (Fsp3) is 0.529. The van der Waals surface area contributed by atoms with E-state index in [1.807, 2.05) is 51.1 Å². The van der Waals surface area contributed by atoms with Gasteiger partial charge < -0.3 is 15.5 Å². The molecule has 0 saturated carbocycles. The van der Waals surface area contributed by atoms with E-state index in [-0.39, 0.29) is 18.9 Å². The van der Waals surface area contributed by atoms with Crippen molar-refractivity contribution in [3.63, 3.8) is 0 Å². The van der Waals surface area contributed by atoms with E-state index < -0.39 is 23.2 Å². The van der Waals surface area contributed by atoms with Gasteiger partial charge in [0.25, 0.3) is 0 Å². The van der Waals surface area contributed by atoms with Gasteiger partial charge in [0.15, 0.2) is 0 Å². The number of aliphatic hydroxyl groups excluding tert-OH is 1. The molecule has 1 aromatic rings. The largest absolute Gasteiger partial charge is 0.465 e. The van der Waals surface area contributed by atoms with Crippen molar-refractivity contribution in [3.8, 4) is 0 Å². The summed E-state index contributed by atoms with van der Waals surface area (Å²) in [4.78, 5) is 25.6. The van der Waals surface area contributed by atoms with E-state index in [9.17, 15) is 19.8 Å². The molecule has 0 unspecified atom stereocenters. The molecule has 2 atom stereocenters. The summed E-state index contributed by atoms with van der Waals surface area (Å²) in [5.74, 6) is -0.368. The number of amides is 2. The normalized spacial score (nSPS) is 24.5. The van der Waals surface area contributed by atoms with Crippen molar-refractivity contribution < 1.29 is 19.8 Å². The third-order valence-electron chi connectivity index (χ3n) is 4.53. The van der Waals surface area contributed by atoms with E-state index in [1.54, 1.807) is 0 Å². The Morgan fingerprint density at radius 1 is 1.30 bits per heavy atom. The minimum atomic E-state index is -1.28. The third-order valence-corrected chi connectivity index (χ3v) is 4.53. The summed E-state index contributed by atoms with van der Waals surface area (Å²) < 4.78 is 0. The van der Waals surface area contributed by atoms with Gasteiger partial charge in [-0.2, -0.15) is 0 Å². The Kier molecular flexibility index (Phi) is 4.66. The number of nitrogens with zero attached hydrogens (tertiary/aromatic N) is 1. The van der Waals surface area contributed by atoms with Crippen molar-refractivity contribution in [2.24, 2.45) is 5.41 Å². The zero-order valence-electron chi connectivity index (χ0n) is 13.7. The van der Waals surface area contributed by atoms with Crippen LogP contribution in [0, 0.1) is 5.41 Å². The van der Waals surface area contributed by atoms with Crippen LogP contribution in [-0.4, -0.2) is 45.3 Å². The molecule has 126 valence electrons. The fourth-order valence-corrected chi connectivity index (χ4v) is 3.32. The smallest absolute Gasteiger partial charge is 0.408 e. The average molecular weight is 320 g/mol. The maximum absolute atomic E-state index is 12.9. The number of β-amino-alcohol motifs (C(OH)–C–C–N with tert-alkyl or cyclic N) is 1. The molecule has 1 aromatic carbocycles. The van der Waals surface area contributed by atoms with Crippen LogP contribution in [-0.2, 0) is 11.3 Å². The van der Waals surface area contributed by atoms with Crippen molar-refractivity contribution in [3.05, 3.63) is 35.9 Å². The van der Waals surface area contributed by atoms with Gasteiger partial charge in [-0.25, -0.2) is 4.79 Å². The fourth-order valence-electron chi connectivity index (χ4n) is 3.32. The molecule has 3 N–H and O–H groups in total. The minimum absolute atomic E-state index is 0.0502. The number of carboxylic acid groups (broad SMARTS) is 1. The number of hydrogen-bond acceptors (Lipinski definition) is 3. The van der Waals surface area contributed by atoms with Crippen molar-refractivity contribution in [2.45, 2.75) is 45.4 Å². The lowest BCUT2D eigenvalue weighted by Gasteiger charge is -2.45. The molecular weight excluding hydrogens is 296 g/mol. The molecule has 23 heavy (non-hydrogen) atoms. The SMILES string of the molecule is CC(C)(C)[C@@]1(C(=O)NCc2ccccc2)C[C@@H](O)CN1C(=O)O. The Balaban J connectivity index is 2.28. The number of likely N-dealkylation sites (tertiary alicyclic amines) is 1. The molecule has 6 heteroatoms. The predicted molar refractivity (Wildman–Crippen MR) is 85.8 cm³/mol. The highest BCUT2D eigenvalue weighted by molar-refractivity contribution is 5.91. The van der Waals surface area contributed by atoms with Crippen LogP contribution in [0.2, 0.25) is 0 Å². The second kappa shape index (κ2) is 6.20. The Hall–Kier alpha value is -2.08. The van der Waals surface area contributed by atoms with Crippen LogP contribution in [0.3, 0.4) is 0 Å². The van der Waals surface area contributed by atoms with Crippen LogP contribution < -0.4 is 5.32 Å². The summed E-state index contributed by atoms with van der Waals surface area (Å²) >= 11 is 0. The first-order chi connectivity index (χ1) is 10.7. The van der Waals surface area contributed by atoms with Gasteiger partial charge in [-0.05, 0) is 11.0 Å². The average Bonchev–Trinajstić information content (AvgIpc) is 2.84. The van der Waals surface area contributed by atoms with Crippen LogP contribution >= 0.6 is 0 Å². The van der Waals surface area contributed by atoms with Crippen molar-refractivity contribution in [2.75, 3.05) is 6.54 Å². The summed E-state index contributed by atoms with van der Waals surface area (Å²) in [7, 11) is 0. The first-order valence-corrected chi connectivity index (χ1v) is 7.69. The molecule has 1 saturated heterocycles. The number of carbonyl (C=O) groups excluding carboxylic acids is 1. The summed E-state index contributed by atoms with van der Waals surface area (Å²) in [6.45, 7) is 5.74. The highest BCUT2D eigenvalue weighted by Gasteiger charge is 2.59. The molecule has 2 rings (SSSR count). The van der Waals surface area contributed by atoms with Gasteiger partial charge in [-0.1, -0.05) is 51.1 Å². The van der Waals surface area contributed by atoms with Crippen molar-refractivity contribution in [1.29, 1.82) is 0 Å². The van der Waals surface area contributed by atoms with Gasteiger partial charge in [-0.15, -0.1) is 0 Å². The van der Waals surface area contributed by atoms with Gasteiger partial charge in [0.05, 0.1) is 12.6 Å². The molecule has 6 nitrogen and oxygen atoms in total. The van der Waals surface area contributed by atoms with Crippen molar-refractivity contribution in [1.82, 2.24) is 10.2 Å². The Morgan fingerprint density at radius 2 is 1.91 bits per heavy atom. The number of carbonyl (C=O) groups is 2. The third kappa shape index (κ3) is 3.17. The lowest BCUT2D eigenvalue weighted by molar-refractivity contribution is -0.137. The summed E-state index contributed by atoms with van der Waals surface area (Å²) in [6.07, 6.45) is -1.93. The van der Waals surface area contributed by atoms with Gasteiger partial charge in [0.2, 0.25) is 5.91 Å². The number of nitrogens with one attached hydrogen (secondary N) is 1. The summed E-state index contributed by atoms with van der Waals surface area (Å²) in [5.41, 5.74) is -0.998. The van der Waals surface area contributed by atoms with Gasteiger partial charge in [0.1, 0.15) is 5.54 Å². The molecule has 1 aliphatic heterocycles. The van der Waals surface area contributed by atoms with Gasteiger partial charge >= 0.3 is 6.09 Å². The molecule has 1 heterocycles.